The molecule has 1 saturated heterocycles. The third-order valence-corrected chi connectivity index (χ3v) is 5.31. The quantitative estimate of drug-likeness (QED) is 0.741. The summed E-state index contributed by atoms with van der Waals surface area (Å²) in [4.78, 5) is 7.24. The number of fused-ring (bicyclic) bond motifs is 1. The predicted octanol–water partition coefficient (Wildman–Crippen LogP) is 3.55. The van der Waals surface area contributed by atoms with E-state index in [1.54, 1.807) is 0 Å². The molecule has 0 bridgehead atoms. The molecular weight excluding hydrogens is 298 g/mol. The first kappa shape index (κ1) is 14.0. The van der Waals surface area contributed by atoms with E-state index in [1.807, 2.05) is 6.33 Å². The van der Waals surface area contributed by atoms with Crippen molar-refractivity contribution in [3.63, 3.8) is 0 Å². The fourth-order valence-electron chi connectivity index (χ4n) is 3.78. The molecule has 0 radical (unpaired) electrons. The molecule has 2 fully saturated rings. The standard InChI is InChI=1S/C19H21N5/c1-2-4-17-14(3-1)5-8-18(21-17)23-11-9-15(10-12-23)19-22-20-13-24(19)16-6-7-16/h1-5,8,13,15-16H,6-7,9-12H2. The number of hydrogen-bond acceptors (Lipinski definition) is 4. The van der Waals surface area contributed by atoms with Crippen molar-refractivity contribution in [2.45, 2.75) is 37.6 Å². The van der Waals surface area contributed by atoms with Gasteiger partial charge in [-0.2, -0.15) is 0 Å². The molecule has 1 saturated carbocycles. The van der Waals surface area contributed by atoms with E-state index in [9.17, 15) is 0 Å². The number of hydrogen-bond donors (Lipinski definition) is 0. The minimum atomic E-state index is 0.532. The first-order valence-corrected chi connectivity index (χ1v) is 8.88. The Morgan fingerprint density at radius 3 is 2.58 bits per heavy atom. The van der Waals surface area contributed by atoms with Crippen molar-refractivity contribution >= 4 is 16.7 Å². The zero-order valence-electron chi connectivity index (χ0n) is 13.7. The zero-order valence-corrected chi connectivity index (χ0v) is 13.7. The lowest BCUT2D eigenvalue weighted by molar-refractivity contribution is 0.463. The van der Waals surface area contributed by atoms with Crippen LogP contribution < -0.4 is 4.90 Å². The average Bonchev–Trinajstić information content (AvgIpc) is 3.38. The molecule has 0 N–H and O–H groups in total. The zero-order chi connectivity index (χ0) is 15.9. The third-order valence-electron chi connectivity index (χ3n) is 5.31. The number of anilines is 1. The van der Waals surface area contributed by atoms with Gasteiger partial charge in [0.1, 0.15) is 18.0 Å². The van der Waals surface area contributed by atoms with Gasteiger partial charge in [-0.1, -0.05) is 18.2 Å². The normalized spacial score (nSPS) is 19.1. The van der Waals surface area contributed by atoms with Crippen LogP contribution in [0.15, 0.2) is 42.7 Å². The molecule has 2 aliphatic rings. The fourth-order valence-corrected chi connectivity index (χ4v) is 3.78. The van der Waals surface area contributed by atoms with E-state index in [1.165, 1.54) is 24.1 Å². The number of aromatic nitrogens is 4. The summed E-state index contributed by atoms with van der Waals surface area (Å²) in [5, 5.41) is 9.78. The van der Waals surface area contributed by atoms with Crippen molar-refractivity contribution in [3.8, 4) is 0 Å². The first-order valence-electron chi connectivity index (χ1n) is 8.88. The Morgan fingerprint density at radius 2 is 1.75 bits per heavy atom. The molecule has 3 aromatic rings. The number of rotatable bonds is 3. The summed E-state index contributed by atoms with van der Waals surface area (Å²) in [5.74, 6) is 2.82. The Labute approximate surface area is 141 Å². The molecule has 5 nitrogen and oxygen atoms in total. The Morgan fingerprint density at radius 1 is 0.917 bits per heavy atom. The SMILES string of the molecule is c1ccc2nc(N3CCC(c4nncn4C4CC4)CC3)ccc2c1. The molecule has 2 aromatic heterocycles. The van der Waals surface area contributed by atoms with Gasteiger partial charge in [0, 0.05) is 30.4 Å². The highest BCUT2D eigenvalue weighted by atomic mass is 15.3. The van der Waals surface area contributed by atoms with E-state index in [2.05, 4.69) is 56.1 Å². The molecule has 122 valence electrons. The summed E-state index contributed by atoms with van der Waals surface area (Å²) < 4.78 is 2.31. The van der Waals surface area contributed by atoms with Gasteiger partial charge >= 0.3 is 0 Å². The topological polar surface area (TPSA) is 46.8 Å². The van der Waals surface area contributed by atoms with Gasteiger partial charge in [-0.05, 0) is 43.9 Å². The van der Waals surface area contributed by atoms with Crippen molar-refractivity contribution < 1.29 is 0 Å². The summed E-state index contributed by atoms with van der Waals surface area (Å²) in [5.41, 5.74) is 1.07. The van der Waals surface area contributed by atoms with Crippen LogP contribution in [-0.4, -0.2) is 32.8 Å². The first-order chi connectivity index (χ1) is 11.9. The molecule has 1 aliphatic carbocycles. The van der Waals surface area contributed by atoms with Gasteiger partial charge in [0.25, 0.3) is 0 Å². The van der Waals surface area contributed by atoms with Crippen molar-refractivity contribution in [1.29, 1.82) is 0 Å². The number of para-hydroxylation sites is 1. The van der Waals surface area contributed by atoms with Crippen LogP contribution in [0.3, 0.4) is 0 Å². The summed E-state index contributed by atoms with van der Waals surface area (Å²) in [7, 11) is 0. The Hall–Kier alpha value is -2.43. The second-order valence-electron chi connectivity index (χ2n) is 6.95. The van der Waals surface area contributed by atoms with Crippen molar-refractivity contribution in [1.82, 2.24) is 19.7 Å². The van der Waals surface area contributed by atoms with Crippen LogP contribution in [0, 0.1) is 0 Å². The lowest BCUT2D eigenvalue weighted by Crippen LogP contribution is -2.34. The lowest BCUT2D eigenvalue weighted by Gasteiger charge is -2.32. The Bertz CT molecular complexity index is 859. The Kier molecular flexibility index (Phi) is 3.25. The second kappa shape index (κ2) is 5.58. The summed E-state index contributed by atoms with van der Waals surface area (Å²) in [6.45, 7) is 2.07. The second-order valence-corrected chi connectivity index (χ2v) is 6.95. The largest absolute Gasteiger partial charge is 0.357 e. The minimum absolute atomic E-state index is 0.532. The molecule has 3 heterocycles. The van der Waals surface area contributed by atoms with Crippen molar-refractivity contribution in [2.24, 2.45) is 0 Å². The molecule has 0 spiro atoms. The van der Waals surface area contributed by atoms with E-state index < -0.39 is 0 Å². The van der Waals surface area contributed by atoms with Crippen molar-refractivity contribution in [2.75, 3.05) is 18.0 Å². The summed E-state index contributed by atoms with van der Waals surface area (Å²) in [6.07, 6.45) is 6.74. The van der Waals surface area contributed by atoms with Gasteiger partial charge in [-0.15, -0.1) is 10.2 Å². The highest BCUT2D eigenvalue weighted by Gasteiger charge is 2.31. The van der Waals surface area contributed by atoms with Gasteiger partial charge in [-0.25, -0.2) is 4.98 Å². The van der Waals surface area contributed by atoms with E-state index in [4.69, 9.17) is 4.98 Å². The number of nitrogens with zero attached hydrogens (tertiary/aromatic N) is 5. The van der Waals surface area contributed by atoms with Gasteiger partial charge in [0.2, 0.25) is 0 Å². The van der Waals surface area contributed by atoms with Gasteiger partial charge in [0.15, 0.2) is 0 Å². The van der Waals surface area contributed by atoms with Gasteiger partial charge in [-0.3, -0.25) is 0 Å². The molecule has 24 heavy (non-hydrogen) atoms. The smallest absolute Gasteiger partial charge is 0.136 e. The average molecular weight is 319 g/mol. The number of piperidine rings is 1. The van der Waals surface area contributed by atoms with Crippen LogP contribution in [0.25, 0.3) is 10.9 Å². The predicted molar refractivity (Wildman–Crippen MR) is 94.2 cm³/mol. The van der Waals surface area contributed by atoms with E-state index in [0.29, 0.717) is 12.0 Å². The lowest BCUT2D eigenvalue weighted by atomic mass is 9.96. The maximum absolute atomic E-state index is 4.84. The molecular formula is C19H21N5. The highest BCUT2D eigenvalue weighted by molar-refractivity contribution is 5.80. The maximum Gasteiger partial charge on any atom is 0.136 e. The van der Waals surface area contributed by atoms with Crippen LogP contribution in [-0.2, 0) is 0 Å². The molecule has 0 unspecified atom stereocenters. The Balaban J connectivity index is 1.33. The maximum atomic E-state index is 4.84. The fraction of sp³-hybridized carbons (Fsp3) is 0.421. The monoisotopic (exact) mass is 319 g/mol. The van der Waals surface area contributed by atoms with Crippen LogP contribution in [0.2, 0.25) is 0 Å². The summed E-state index contributed by atoms with van der Waals surface area (Å²) >= 11 is 0. The number of pyridine rings is 1. The summed E-state index contributed by atoms with van der Waals surface area (Å²) in [6, 6.07) is 13.3. The minimum Gasteiger partial charge on any atom is -0.357 e. The molecule has 5 rings (SSSR count). The number of benzene rings is 1. The van der Waals surface area contributed by atoms with E-state index >= 15 is 0 Å². The van der Waals surface area contributed by atoms with E-state index in [-0.39, 0.29) is 0 Å². The van der Waals surface area contributed by atoms with Crippen LogP contribution in [0.5, 0.6) is 0 Å². The molecule has 0 atom stereocenters. The van der Waals surface area contributed by atoms with Gasteiger partial charge in [0.05, 0.1) is 5.52 Å². The van der Waals surface area contributed by atoms with Crippen molar-refractivity contribution in [3.05, 3.63) is 48.5 Å². The van der Waals surface area contributed by atoms with Crippen LogP contribution in [0.1, 0.15) is 43.5 Å². The molecule has 5 heteroatoms. The van der Waals surface area contributed by atoms with Crippen LogP contribution >= 0.6 is 0 Å². The highest BCUT2D eigenvalue weighted by Crippen LogP contribution is 2.38. The van der Waals surface area contributed by atoms with E-state index in [0.717, 1.165) is 37.3 Å². The van der Waals surface area contributed by atoms with Gasteiger partial charge < -0.3 is 9.47 Å². The molecule has 1 aliphatic heterocycles. The molecule has 0 amide bonds. The molecule has 1 aromatic carbocycles. The third kappa shape index (κ3) is 2.44. The van der Waals surface area contributed by atoms with Crippen LogP contribution in [0.4, 0.5) is 5.82 Å².